The maximum absolute atomic E-state index is 14.2. The Morgan fingerprint density at radius 3 is 2.60 bits per heavy atom. The maximum atomic E-state index is 14.2. The number of methoxy groups -OCH3 is 1. The van der Waals surface area contributed by atoms with Gasteiger partial charge in [-0.1, -0.05) is 18.2 Å². The monoisotopic (exact) mass is 346 g/mol. The second-order valence-electron chi connectivity index (χ2n) is 6.43. The van der Waals surface area contributed by atoms with Crippen LogP contribution >= 0.6 is 0 Å². The lowest BCUT2D eigenvalue weighted by molar-refractivity contribution is -0.113. The van der Waals surface area contributed by atoms with Crippen LogP contribution in [-0.2, 0) is 11.2 Å². The van der Waals surface area contributed by atoms with Crippen molar-refractivity contribution in [3.63, 3.8) is 0 Å². The van der Waals surface area contributed by atoms with Crippen LogP contribution < -0.4 is 4.74 Å². The van der Waals surface area contributed by atoms with Gasteiger partial charge in [-0.25, -0.2) is 4.39 Å². The second-order valence-corrected chi connectivity index (χ2v) is 6.43. The third-order valence-electron chi connectivity index (χ3n) is 4.58. The molecule has 1 aliphatic heterocycles. The molecule has 3 unspecified atom stereocenters. The number of aliphatic hydroxyl groups excluding tert-OH is 2. The van der Waals surface area contributed by atoms with Gasteiger partial charge in [0.1, 0.15) is 11.6 Å². The molecule has 3 atom stereocenters. The van der Waals surface area contributed by atoms with Crippen molar-refractivity contribution in [2.24, 2.45) is 0 Å². The number of hydrogen-bond acceptors (Lipinski definition) is 4. The quantitative estimate of drug-likeness (QED) is 0.874. The van der Waals surface area contributed by atoms with Crippen molar-refractivity contribution in [1.82, 2.24) is 0 Å². The third kappa shape index (κ3) is 4.37. The van der Waals surface area contributed by atoms with Gasteiger partial charge >= 0.3 is 0 Å². The van der Waals surface area contributed by atoms with Gasteiger partial charge in [-0.3, -0.25) is 0 Å². The maximum Gasteiger partial charge on any atom is 0.126 e. The second kappa shape index (κ2) is 7.95. The van der Waals surface area contributed by atoms with Crippen LogP contribution in [0.25, 0.3) is 0 Å². The van der Waals surface area contributed by atoms with E-state index >= 15 is 0 Å². The fourth-order valence-corrected chi connectivity index (χ4v) is 3.22. The summed E-state index contributed by atoms with van der Waals surface area (Å²) in [5, 5.41) is 19.3. The minimum Gasteiger partial charge on any atom is -0.497 e. The third-order valence-corrected chi connectivity index (χ3v) is 4.58. The number of ether oxygens (including phenoxy) is 2. The predicted octanol–water partition coefficient (Wildman–Crippen LogP) is 3.00. The summed E-state index contributed by atoms with van der Waals surface area (Å²) >= 11 is 0. The Kier molecular flexibility index (Phi) is 5.68. The van der Waals surface area contributed by atoms with Crippen LogP contribution in [-0.4, -0.2) is 36.1 Å². The first-order valence-electron chi connectivity index (χ1n) is 8.44. The highest BCUT2D eigenvalue weighted by Crippen LogP contribution is 2.32. The standard InChI is InChI=1S/C20H23FO4/c1-24-17-5-2-13(3-6-17)8-15-9-14(4-7-19(15)21)20-11-16(23)10-18(12-22)25-20/h2-7,9,16,18,20,22-23H,8,10-12H2,1H3. The van der Waals surface area contributed by atoms with Crippen LogP contribution in [0.3, 0.4) is 0 Å². The lowest BCUT2D eigenvalue weighted by Crippen LogP contribution is -2.33. The van der Waals surface area contributed by atoms with Gasteiger partial charge in [-0.2, -0.15) is 0 Å². The van der Waals surface area contributed by atoms with Crippen molar-refractivity contribution in [1.29, 1.82) is 0 Å². The van der Waals surface area contributed by atoms with Crippen LogP contribution in [0.4, 0.5) is 4.39 Å². The van der Waals surface area contributed by atoms with E-state index in [-0.39, 0.29) is 24.6 Å². The van der Waals surface area contributed by atoms with Crippen LogP contribution in [0.2, 0.25) is 0 Å². The van der Waals surface area contributed by atoms with Gasteiger partial charge in [0.25, 0.3) is 0 Å². The molecule has 1 heterocycles. The molecule has 4 nitrogen and oxygen atoms in total. The van der Waals surface area contributed by atoms with Gasteiger partial charge < -0.3 is 19.7 Å². The summed E-state index contributed by atoms with van der Waals surface area (Å²) in [5.41, 5.74) is 2.38. The zero-order valence-electron chi connectivity index (χ0n) is 14.2. The summed E-state index contributed by atoms with van der Waals surface area (Å²) in [6, 6.07) is 12.4. The first-order chi connectivity index (χ1) is 12.1. The summed E-state index contributed by atoms with van der Waals surface area (Å²) in [4.78, 5) is 0. The first kappa shape index (κ1) is 17.9. The molecule has 0 radical (unpaired) electrons. The molecule has 0 saturated carbocycles. The highest BCUT2D eigenvalue weighted by molar-refractivity contribution is 5.34. The Balaban J connectivity index is 1.79. The fraction of sp³-hybridized carbons (Fsp3) is 0.400. The fourth-order valence-electron chi connectivity index (χ4n) is 3.22. The highest BCUT2D eigenvalue weighted by Gasteiger charge is 2.29. The summed E-state index contributed by atoms with van der Waals surface area (Å²) in [6.45, 7) is -0.131. The molecule has 134 valence electrons. The van der Waals surface area contributed by atoms with Crippen molar-refractivity contribution in [2.75, 3.05) is 13.7 Å². The molecule has 0 spiro atoms. The Bertz CT molecular complexity index is 701. The van der Waals surface area contributed by atoms with Gasteiger partial charge in [0.15, 0.2) is 0 Å². The van der Waals surface area contributed by atoms with Gasteiger partial charge in [0.2, 0.25) is 0 Å². The predicted molar refractivity (Wildman–Crippen MR) is 92.1 cm³/mol. The Labute approximate surface area is 146 Å². The molecule has 3 rings (SSSR count). The molecule has 0 aliphatic carbocycles. The molecule has 2 N–H and O–H groups in total. The molecule has 25 heavy (non-hydrogen) atoms. The van der Waals surface area contributed by atoms with E-state index in [2.05, 4.69) is 0 Å². The first-order valence-corrected chi connectivity index (χ1v) is 8.44. The van der Waals surface area contributed by atoms with E-state index in [1.165, 1.54) is 6.07 Å². The molecular weight excluding hydrogens is 323 g/mol. The normalized spacial score (nSPS) is 23.4. The summed E-state index contributed by atoms with van der Waals surface area (Å²) < 4.78 is 25.2. The van der Waals surface area contributed by atoms with E-state index in [4.69, 9.17) is 9.47 Å². The molecule has 1 fully saturated rings. The molecule has 0 aromatic heterocycles. The SMILES string of the molecule is COc1ccc(Cc2cc(C3CC(O)CC(CO)O3)ccc2F)cc1. The number of halogens is 1. The zero-order chi connectivity index (χ0) is 17.8. The van der Waals surface area contributed by atoms with Gasteiger partial charge in [0, 0.05) is 19.3 Å². The average molecular weight is 346 g/mol. The van der Waals surface area contributed by atoms with E-state index < -0.39 is 6.10 Å². The lowest BCUT2D eigenvalue weighted by Gasteiger charge is -2.32. The van der Waals surface area contributed by atoms with Gasteiger partial charge in [-0.15, -0.1) is 0 Å². The molecule has 2 aromatic rings. The minimum absolute atomic E-state index is 0.131. The Hall–Kier alpha value is -1.95. The Morgan fingerprint density at radius 1 is 1.16 bits per heavy atom. The molecule has 2 aromatic carbocycles. The van der Waals surface area contributed by atoms with E-state index in [9.17, 15) is 14.6 Å². The van der Waals surface area contributed by atoms with Gasteiger partial charge in [-0.05, 0) is 41.0 Å². The van der Waals surface area contributed by atoms with Crippen molar-refractivity contribution >= 4 is 0 Å². The Morgan fingerprint density at radius 2 is 1.92 bits per heavy atom. The topological polar surface area (TPSA) is 58.9 Å². The molecule has 5 heteroatoms. The van der Waals surface area contributed by atoms with E-state index in [0.29, 0.717) is 24.8 Å². The highest BCUT2D eigenvalue weighted by atomic mass is 19.1. The van der Waals surface area contributed by atoms with Crippen LogP contribution in [0.1, 0.15) is 35.6 Å². The minimum atomic E-state index is -0.522. The lowest BCUT2D eigenvalue weighted by atomic mass is 9.94. The van der Waals surface area contributed by atoms with Crippen molar-refractivity contribution in [3.05, 3.63) is 65.0 Å². The van der Waals surface area contributed by atoms with E-state index in [1.54, 1.807) is 19.2 Å². The van der Waals surface area contributed by atoms with E-state index in [0.717, 1.165) is 16.9 Å². The molecule has 0 bridgehead atoms. The van der Waals surface area contributed by atoms with Gasteiger partial charge in [0.05, 0.1) is 32.0 Å². The molecule has 1 saturated heterocycles. The number of benzene rings is 2. The molecule has 1 aliphatic rings. The van der Waals surface area contributed by atoms with Crippen molar-refractivity contribution in [2.45, 2.75) is 37.6 Å². The number of hydrogen-bond donors (Lipinski definition) is 2. The average Bonchev–Trinajstić information content (AvgIpc) is 2.63. The van der Waals surface area contributed by atoms with Crippen LogP contribution in [0.5, 0.6) is 5.75 Å². The zero-order valence-corrected chi connectivity index (χ0v) is 14.2. The summed E-state index contributed by atoms with van der Waals surface area (Å²) in [5.74, 6) is 0.493. The molecular formula is C20H23FO4. The summed E-state index contributed by atoms with van der Waals surface area (Å²) in [7, 11) is 1.61. The number of aliphatic hydroxyl groups is 2. The van der Waals surface area contributed by atoms with Crippen LogP contribution in [0.15, 0.2) is 42.5 Å². The van der Waals surface area contributed by atoms with E-state index in [1.807, 2.05) is 24.3 Å². The smallest absolute Gasteiger partial charge is 0.126 e. The molecule has 0 amide bonds. The number of rotatable bonds is 5. The summed E-state index contributed by atoms with van der Waals surface area (Å²) in [6.07, 6.45) is 0.0882. The van der Waals surface area contributed by atoms with Crippen molar-refractivity contribution < 1.29 is 24.1 Å². The largest absolute Gasteiger partial charge is 0.497 e. The van der Waals surface area contributed by atoms with Crippen LogP contribution in [0, 0.1) is 5.82 Å². The van der Waals surface area contributed by atoms with Crippen molar-refractivity contribution in [3.8, 4) is 5.75 Å².